The molecule has 1 aliphatic carbocycles. The van der Waals surface area contributed by atoms with Crippen LogP contribution in [0.15, 0.2) is 24.5 Å². The molecule has 7 heteroatoms. The van der Waals surface area contributed by atoms with Crippen LogP contribution in [0.4, 0.5) is 0 Å². The molecule has 1 saturated heterocycles. The lowest BCUT2D eigenvalue weighted by atomic mass is 9.96. The highest BCUT2D eigenvalue weighted by Crippen LogP contribution is 2.30. The van der Waals surface area contributed by atoms with Gasteiger partial charge in [0.25, 0.3) is 0 Å². The van der Waals surface area contributed by atoms with Gasteiger partial charge in [0.05, 0.1) is 25.2 Å². The Kier molecular flexibility index (Phi) is 5.99. The summed E-state index contributed by atoms with van der Waals surface area (Å²) in [4.78, 5) is 27.9. The SMILES string of the molecule is O=C(C[C@@H]1CC[C@H](NC(=O)C2CC2)[C@H](CO)O1)NCc1ccncc1. The second kappa shape index (κ2) is 8.40. The Hall–Kier alpha value is -1.99. The minimum atomic E-state index is -0.450. The van der Waals surface area contributed by atoms with E-state index in [4.69, 9.17) is 4.74 Å². The van der Waals surface area contributed by atoms with Crippen LogP contribution in [-0.4, -0.2) is 46.8 Å². The number of nitrogens with zero attached hydrogens (tertiary/aromatic N) is 1. The third-order valence-corrected chi connectivity index (χ3v) is 4.72. The molecule has 3 rings (SSSR count). The number of nitrogens with one attached hydrogen (secondary N) is 2. The Morgan fingerprint density at radius 3 is 2.64 bits per heavy atom. The Bertz CT molecular complexity index is 591. The van der Waals surface area contributed by atoms with Gasteiger partial charge in [0.1, 0.15) is 6.10 Å². The van der Waals surface area contributed by atoms with E-state index in [1.807, 2.05) is 12.1 Å². The van der Waals surface area contributed by atoms with Gasteiger partial charge in [-0.25, -0.2) is 0 Å². The first kappa shape index (κ1) is 17.8. The van der Waals surface area contributed by atoms with Crippen LogP contribution < -0.4 is 10.6 Å². The van der Waals surface area contributed by atoms with E-state index in [9.17, 15) is 14.7 Å². The number of aliphatic hydroxyl groups is 1. The van der Waals surface area contributed by atoms with E-state index in [0.717, 1.165) is 18.4 Å². The first-order valence-corrected chi connectivity index (χ1v) is 8.88. The van der Waals surface area contributed by atoms with Gasteiger partial charge < -0.3 is 20.5 Å². The number of carbonyl (C=O) groups excluding carboxylic acids is 2. The van der Waals surface area contributed by atoms with E-state index >= 15 is 0 Å². The number of aromatic nitrogens is 1. The lowest BCUT2D eigenvalue weighted by Crippen LogP contribution is -2.51. The summed E-state index contributed by atoms with van der Waals surface area (Å²) in [6.45, 7) is 0.294. The van der Waals surface area contributed by atoms with Gasteiger partial charge in [-0.2, -0.15) is 0 Å². The highest BCUT2D eigenvalue weighted by Gasteiger charge is 2.36. The van der Waals surface area contributed by atoms with Crippen molar-refractivity contribution in [1.29, 1.82) is 0 Å². The fraction of sp³-hybridized carbons (Fsp3) is 0.611. The lowest BCUT2D eigenvalue weighted by molar-refractivity contribution is -0.136. The summed E-state index contributed by atoms with van der Waals surface area (Å²) >= 11 is 0. The predicted octanol–water partition coefficient (Wildman–Crippen LogP) is 0.523. The van der Waals surface area contributed by atoms with Gasteiger partial charge in [0.15, 0.2) is 0 Å². The van der Waals surface area contributed by atoms with Crippen LogP contribution in [-0.2, 0) is 20.9 Å². The van der Waals surface area contributed by atoms with Crippen LogP contribution in [0.5, 0.6) is 0 Å². The van der Waals surface area contributed by atoms with Crippen molar-refractivity contribution < 1.29 is 19.4 Å². The Labute approximate surface area is 147 Å². The maximum absolute atomic E-state index is 12.1. The Morgan fingerprint density at radius 1 is 1.20 bits per heavy atom. The van der Waals surface area contributed by atoms with Crippen molar-refractivity contribution in [2.45, 2.75) is 56.9 Å². The zero-order valence-electron chi connectivity index (χ0n) is 14.2. The lowest BCUT2D eigenvalue weighted by Gasteiger charge is -2.36. The second-order valence-electron chi connectivity index (χ2n) is 6.78. The standard InChI is InChI=1S/C18H25N3O4/c22-11-16-15(21-18(24)13-1-2-13)4-3-14(25-16)9-17(23)20-10-12-5-7-19-8-6-12/h5-8,13-16,22H,1-4,9-11H2,(H,20,23)(H,21,24)/t14-,15-,16-/m0/s1. The largest absolute Gasteiger partial charge is 0.394 e. The van der Waals surface area contributed by atoms with E-state index in [1.54, 1.807) is 12.4 Å². The third-order valence-electron chi connectivity index (χ3n) is 4.72. The molecule has 2 fully saturated rings. The van der Waals surface area contributed by atoms with Crippen LogP contribution in [0, 0.1) is 5.92 Å². The smallest absolute Gasteiger partial charge is 0.223 e. The molecular weight excluding hydrogens is 322 g/mol. The monoisotopic (exact) mass is 347 g/mol. The minimum Gasteiger partial charge on any atom is -0.394 e. The fourth-order valence-electron chi connectivity index (χ4n) is 3.07. The summed E-state index contributed by atoms with van der Waals surface area (Å²) < 4.78 is 5.84. The van der Waals surface area contributed by atoms with Crippen LogP contribution in [0.25, 0.3) is 0 Å². The highest BCUT2D eigenvalue weighted by molar-refractivity contribution is 5.81. The first-order chi connectivity index (χ1) is 12.2. The quantitative estimate of drug-likeness (QED) is 0.668. The molecule has 0 radical (unpaired) electrons. The maximum Gasteiger partial charge on any atom is 0.223 e. The van der Waals surface area contributed by atoms with Crippen LogP contribution in [0.1, 0.15) is 37.7 Å². The van der Waals surface area contributed by atoms with Crippen molar-refractivity contribution in [3.05, 3.63) is 30.1 Å². The van der Waals surface area contributed by atoms with E-state index in [1.165, 1.54) is 0 Å². The normalized spacial score (nSPS) is 26.0. The molecule has 25 heavy (non-hydrogen) atoms. The van der Waals surface area contributed by atoms with Gasteiger partial charge in [-0.05, 0) is 43.4 Å². The summed E-state index contributed by atoms with van der Waals surface area (Å²) in [5.41, 5.74) is 0.990. The highest BCUT2D eigenvalue weighted by atomic mass is 16.5. The number of hydrogen-bond donors (Lipinski definition) is 3. The molecule has 0 aromatic carbocycles. The maximum atomic E-state index is 12.1. The molecule has 136 valence electrons. The number of carbonyl (C=O) groups is 2. The Morgan fingerprint density at radius 2 is 1.96 bits per heavy atom. The number of amides is 2. The number of ether oxygens (including phenoxy) is 1. The van der Waals surface area contributed by atoms with E-state index in [-0.39, 0.29) is 42.9 Å². The number of pyridine rings is 1. The van der Waals surface area contributed by atoms with Crippen LogP contribution >= 0.6 is 0 Å². The molecule has 2 heterocycles. The summed E-state index contributed by atoms with van der Waals surface area (Å²) in [6, 6.07) is 3.53. The van der Waals surface area contributed by atoms with Gasteiger partial charge in [0.2, 0.25) is 11.8 Å². The minimum absolute atomic E-state index is 0.0561. The topological polar surface area (TPSA) is 101 Å². The van der Waals surface area contributed by atoms with Gasteiger partial charge in [-0.15, -0.1) is 0 Å². The molecule has 7 nitrogen and oxygen atoms in total. The molecule has 2 aliphatic rings. The summed E-state index contributed by atoms with van der Waals surface area (Å²) in [7, 11) is 0. The van der Waals surface area contributed by atoms with Crippen LogP contribution in [0.3, 0.4) is 0 Å². The van der Waals surface area contributed by atoms with Gasteiger partial charge in [0, 0.05) is 24.9 Å². The summed E-state index contributed by atoms with van der Waals surface area (Å²) in [6.07, 6.45) is 6.25. The predicted molar refractivity (Wildman–Crippen MR) is 90.3 cm³/mol. The molecule has 3 N–H and O–H groups in total. The molecule has 0 spiro atoms. The van der Waals surface area contributed by atoms with E-state index in [0.29, 0.717) is 19.4 Å². The molecule has 1 aromatic rings. The van der Waals surface area contributed by atoms with Crippen molar-refractivity contribution in [2.75, 3.05) is 6.61 Å². The molecule has 1 saturated carbocycles. The Balaban J connectivity index is 1.42. The average molecular weight is 347 g/mol. The van der Waals surface area contributed by atoms with Gasteiger partial charge in [-0.1, -0.05) is 0 Å². The molecule has 1 aliphatic heterocycles. The average Bonchev–Trinajstić information content (AvgIpc) is 3.47. The molecule has 3 atom stereocenters. The summed E-state index contributed by atoms with van der Waals surface area (Å²) in [5, 5.41) is 15.4. The van der Waals surface area contributed by atoms with Crippen molar-refractivity contribution in [3.63, 3.8) is 0 Å². The van der Waals surface area contributed by atoms with Crippen molar-refractivity contribution >= 4 is 11.8 Å². The second-order valence-corrected chi connectivity index (χ2v) is 6.78. The zero-order chi connectivity index (χ0) is 17.6. The number of hydrogen-bond acceptors (Lipinski definition) is 5. The zero-order valence-corrected chi connectivity index (χ0v) is 14.2. The molecule has 0 bridgehead atoms. The first-order valence-electron chi connectivity index (χ1n) is 8.88. The number of rotatable bonds is 7. The molecule has 1 aromatic heterocycles. The van der Waals surface area contributed by atoms with Crippen molar-refractivity contribution in [1.82, 2.24) is 15.6 Å². The van der Waals surface area contributed by atoms with E-state index < -0.39 is 6.10 Å². The van der Waals surface area contributed by atoms with Crippen LogP contribution in [0.2, 0.25) is 0 Å². The fourth-order valence-corrected chi connectivity index (χ4v) is 3.07. The molecule has 0 unspecified atom stereocenters. The van der Waals surface area contributed by atoms with Gasteiger partial charge in [-0.3, -0.25) is 14.6 Å². The van der Waals surface area contributed by atoms with Crippen molar-refractivity contribution in [3.8, 4) is 0 Å². The van der Waals surface area contributed by atoms with E-state index in [2.05, 4.69) is 15.6 Å². The molecular formula is C18H25N3O4. The molecule has 2 amide bonds. The third kappa shape index (κ3) is 5.24. The van der Waals surface area contributed by atoms with Crippen molar-refractivity contribution in [2.24, 2.45) is 5.92 Å². The number of aliphatic hydroxyl groups excluding tert-OH is 1. The van der Waals surface area contributed by atoms with Gasteiger partial charge >= 0.3 is 0 Å². The summed E-state index contributed by atoms with van der Waals surface area (Å²) in [5.74, 6) is 0.107.